The van der Waals surface area contributed by atoms with Crippen LogP contribution in [0, 0.1) is 17.2 Å². The van der Waals surface area contributed by atoms with Gasteiger partial charge in [-0.05, 0) is 24.6 Å². The molecule has 0 radical (unpaired) electrons. The van der Waals surface area contributed by atoms with E-state index in [0.717, 1.165) is 0 Å². The van der Waals surface area contributed by atoms with Crippen LogP contribution in [0.3, 0.4) is 0 Å². The number of nitrogens with zero attached hydrogens (tertiary/aromatic N) is 3. The van der Waals surface area contributed by atoms with Gasteiger partial charge in [-0.3, -0.25) is 9.79 Å². The second-order valence-corrected chi connectivity index (χ2v) is 7.90. The number of fused-ring (bicyclic) bond motifs is 1. The molecule has 8 heteroatoms. The third kappa shape index (κ3) is 4.00. The molecule has 1 heterocycles. The molecule has 1 aliphatic carbocycles. The van der Waals surface area contributed by atoms with Crippen LogP contribution in [-0.4, -0.2) is 63.3 Å². The Morgan fingerprint density at radius 1 is 1.56 bits per heavy atom. The first-order valence-corrected chi connectivity index (χ1v) is 9.56. The lowest BCUT2D eigenvalue weighted by Gasteiger charge is -2.38. The molecule has 27 heavy (non-hydrogen) atoms. The number of aliphatic hydroxyl groups is 2. The van der Waals surface area contributed by atoms with E-state index < -0.39 is 24.2 Å². The second kappa shape index (κ2) is 8.13. The van der Waals surface area contributed by atoms with Crippen LogP contribution in [-0.2, 0) is 4.79 Å². The molecule has 1 saturated carbocycles. The molecule has 7 nitrogen and oxygen atoms in total. The fraction of sp³-hybridized carbons (Fsp3) is 0.421. The first-order chi connectivity index (χ1) is 12.9. The summed E-state index contributed by atoms with van der Waals surface area (Å²) in [4.78, 5) is 18.9. The zero-order chi connectivity index (χ0) is 19.6. The second-order valence-electron chi connectivity index (χ2n) is 6.73. The van der Waals surface area contributed by atoms with Crippen molar-refractivity contribution in [2.45, 2.75) is 29.9 Å². The van der Waals surface area contributed by atoms with Crippen LogP contribution in [0.5, 0.6) is 0 Å². The zero-order valence-electron chi connectivity index (χ0n) is 14.9. The number of nitriles is 1. The molecule has 0 unspecified atom stereocenters. The molecule has 0 spiro atoms. The van der Waals surface area contributed by atoms with Crippen molar-refractivity contribution in [3.8, 4) is 6.07 Å². The molecular weight excluding hydrogens is 364 g/mol. The summed E-state index contributed by atoms with van der Waals surface area (Å²) in [5.74, 6) is -0.539. The lowest BCUT2D eigenvalue weighted by Crippen LogP contribution is -2.54. The summed E-state index contributed by atoms with van der Waals surface area (Å²) < 4.78 is 0. The average molecular weight is 386 g/mol. The Morgan fingerprint density at radius 3 is 3.04 bits per heavy atom. The van der Waals surface area contributed by atoms with Crippen molar-refractivity contribution in [3.63, 3.8) is 0 Å². The SMILES string of the molecule is C=CCN(C)C(=O)[C@H]1C[C@@H](O)[C@H](O)[C@@H]2N=C(Nc3cccc(C#N)c3)S[C@@H]21. The number of likely N-dealkylation sites (N-methyl/N-ethyl adjacent to an activating group) is 1. The molecule has 1 aromatic carbocycles. The summed E-state index contributed by atoms with van der Waals surface area (Å²) >= 11 is 1.39. The molecule has 142 valence electrons. The zero-order valence-corrected chi connectivity index (χ0v) is 15.8. The first kappa shape index (κ1) is 19.4. The molecule has 3 rings (SSSR count). The average Bonchev–Trinajstić information content (AvgIpc) is 3.08. The predicted octanol–water partition coefficient (Wildman–Crippen LogP) is 1.20. The maximum atomic E-state index is 12.8. The minimum absolute atomic E-state index is 0.0914. The third-order valence-corrected chi connectivity index (χ3v) is 6.14. The van der Waals surface area contributed by atoms with Gasteiger partial charge in [-0.2, -0.15) is 5.26 Å². The van der Waals surface area contributed by atoms with Gasteiger partial charge in [-0.15, -0.1) is 6.58 Å². The van der Waals surface area contributed by atoms with Crippen LogP contribution in [0.25, 0.3) is 0 Å². The van der Waals surface area contributed by atoms with Crippen molar-refractivity contribution in [1.82, 2.24) is 4.90 Å². The lowest BCUT2D eigenvalue weighted by molar-refractivity contribution is -0.138. The highest BCUT2D eigenvalue weighted by atomic mass is 32.2. The highest BCUT2D eigenvalue weighted by Crippen LogP contribution is 2.42. The van der Waals surface area contributed by atoms with E-state index in [1.165, 1.54) is 11.8 Å². The lowest BCUT2D eigenvalue weighted by atomic mass is 9.80. The molecule has 1 amide bonds. The van der Waals surface area contributed by atoms with Gasteiger partial charge in [0, 0.05) is 24.5 Å². The van der Waals surface area contributed by atoms with Crippen molar-refractivity contribution in [1.29, 1.82) is 5.26 Å². The number of carbonyl (C=O) groups is 1. The topological polar surface area (TPSA) is 109 Å². The Hall–Kier alpha value is -2.34. The van der Waals surface area contributed by atoms with E-state index in [0.29, 0.717) is 23.0 Å². The van der Waals surface area contributed by atoms with Crippen LogP contribution < -0.4 is 5.32 Å². The number of aliphatic hydroxyl groups excluding tert-OH is 2. The van der Waals surface area contributed by atoms with E-state index >= 15 is 0 Å². The van der Waals surface area contributed by atoms with Crippen LogP contribution in [0.2, 0.25) is 0 Å². The van der Waals surface area contributed by atoms with E-state index in [9.17, 15) is 15.0 Å². The van der Waals surface area contributed by atoms with Crippen molar-refractivity contribution in [2.24, 2.45) is 10.9 Å². The van der Waals surface area contributed by atoms with Crippen LogP contribution in [0.4, 0.5) is 5.69 Å². The largest absolute Gasteiger partial charge is 0.390 e. The minimum atomic E-state index is -1.01. The number of benzene rings is 1. The number of anilines is 1. The van der Waals surface area contributed by atoms with E-state index in [4.69, 9.17) is 5.26 Å². The van der Waals surface area contributed by atoms with Crippen molar-refractivity contribution >= 4 is 28.5 Å². The number of carbonyl (C=O) groups excluding carboxylic acids is 1. The first-order valence-electron chi connectivity index (χ1n) is 8.68. The number of rotatable bonds is 4. The molecule has 3 N–H and O–H groups in total. The quantitative estimate of drug-likeness (QED) is 0.671. The molecule has 5 atom stereocenters. The fourth-order valence-corrected chi connectivity index (χ4v) is 4.82. The highest BCUT2D eigenvalue weighted by Gasteiger charge is 2.50. The number of hydrogen-bond donors (Lipinski definition) is 3. The molecule has 1 aromatic rings. The molecule has 1 aliphatic heterocycles. The van der Waals surface area contributed by atoms with E-state index in [1.54, 1.807) is 36.2 Å². The Morgan fingerprint density at radius 2 is 2.33 bits per heavy atom. The summed E-state index contributed by atoms with van der Waals surface area (Å²) in [6.45, 7) is 4.07. The summed E-state index contributed by atoms with van der Waals surface area (Å²) in [6.07, 6.45) is -0.164. The summed E-state index contributed by atoms with van der Waals surface area (Å²) in [7, 11) is 1.70. The van der Waals surface area contributed by atoms with Crippen LogP contribution in [0.15, 0.2) is 41.9 Å². The van der Waals surface area contributed by atoms with Crippen LogP contribution >= 0.6 is 11.8 Å². The number of thioether (sulfide) groups is 1. The van der Waals surface area contributed by atoms with Crippen molar-refractivity contribution in [3.05, 3.63) is 42.5 Å². The van der Waals surface area contributed by atoms with Gasteiger partial charge in [-0.1, -0.05) is 23.9 Å². The maximum absolute atomic E-state index is 12.8. The van der Waals surface area contributed by atoms with Gasteiger partial charge in [-0.25, -0.2) is 0 Å². The van der Waals surface area contributed by atoms with Crippen molar-refractivity contribution < 1.29 is 15.0 Å². The van der Waals surface area contributed by atoms with Gasteiger partial charge in [0.25, 0.3) is 0 Å². The van der Waals surface area contributed by atoms with Crippen molar-refractivity contribution in [2.75, 3.05) is 18.9 Å². The predicted molar refractivity (Wildman–Crippen MR) is 105 cm³/mol. The van der Waals surface area contributed by atoms with E-state index in [2.05, 4.69) is 23.0 Å². The summed E-state index contributed by atoms with van der Waals surface area (Å²) in [5.41, 5.74) is 1.23. The Balaban J connectivity index is 1.79. The number of amides is 1. The molecule has 0 bridgehead atoms. The van der Waals surface area contributed by atoms with Crippen LogP contribution in [0.1, 0.15) is 12.0 Å². The monoisotopic (exact) mass is 386 g/mol. The van der Waals surface area contributed by atoms with E-state index in [1.807, 2.05) is 6.07 Å². The number of aliphatic imine (C=N–C) groups is 1. The summed E-state index contributed by atoms with van der Waals surface area (Å²) in [5, 5.41) is 33.1. The standard InChI is InChI=1S/C19H22N4O3S/c1-3-7-23(2)18(26)13-9-14(24)16(25)15-17(13)27-19(22-15)21-12-6-4-5-11(8-12)10-20/h3-6,8,13-17,24-25H,1,7,9H2,2H3,(H,21,22)/t13-,14+,15-,16-,17+/m0/s1. The normalized spacial score (nSPS) is 29.3. The van der Waals surface area contributed by atoms with Gasteiger partial charge in [0.15, 0.2) is 5.17 Å². The molecule has 1 fully saturated rings. The van der Waals surface area contributed by atoms with Gasteiger partial charge in [0.2, 0.25) is 5.91 Å². The van der Waals surface area contributed by atoms with E-state index in [-0.39, 0.29) is 17.6 Å². The fourth-order valence-electron chi connectivity index (χ4n) is 3.45. The number of hydrogen-bond acceptors (Lipinski definition) is 7. The Bertz CT molecular complexity index is 806. The Kier molecular flexibility index (Phi) is 5.85. The van der Waals surface area contributed by atoms with Gasteiger partial charge in [0.05, 0.1) is 29.7 Å². The molecule has 0 saturated heterocycles. The van der Waals surface area contributed by atoms with Gasteiger partial charge < -0.3 is 20.4 Å². The summed E-state index contributed by atoms with van der Waals surface area (Å²) in [6, 6.07) is 8.52. The van der Waals surface area contributed by atoms with Gasteiger partial charge >= 0.3 is 0 Å². The maximum Gasteiger partial charge on any atom is 0.227 e. The third-order valence-electron chi connectivity index (χ3n) is 4.83. The Labute approximate surface area is 162 Å². The molecule has 0 aromatic heterocycles. The molecular formula is C19H22N4O3S. The minimum Gasteiger partial charge on any atom is -0.390 e. The van der Waals surface area contributed by atoms with Gasteiger partial charge in [0.1, 0.15) is 6.10 Å². The highest BCUT2D eigenvalue weighted by molar-refractivity contribution is 8.15. The molecule has 2 aliphatic rings. The number of nitrogens with one attached hydrogen (secondary N) is 1. The number of amidine groups is 1. The smallest absolute Gasteiger partial charge is 0.227 e.